The van der Waals surface area contributed by atoms with Crippen molar-refractivity contribution in [3.8, 4) is 5.88 Å². The average Bonchev–Trinajstić information content (AvgIpc) is 3.11. The molecule has 6 nitrogen and oxygen atoms in total. The van der Waals surface area contributed by atoms with Gasteiger partial charge in [0.2, 0.25) is 5.88 Å². The number of carbonyl (C=O) groups is 1. The number of nitrogens with zero attached hydrogens (tertiary/aromatic N) is 2. The zero-order chi connectivity index (χ0) is 17.8. The quantitative estimate of drug-likeness (QED) is 0.878. The van der Waals surface area contributed by atoms with E-state index in [0.29, 0.717) is 18.3 Å². The summed E-state index contributed by atoms with van der Waals surface area (Å²) in [6, 6.07) is 5.62. The summed E-state index contributed by atoms with van der Waals surface area (Å²) >= 11 is 0. The molecule has 138 valence electrons. The lowest BCUT2D eigenvalue weighted by atomic mass is 9.76. The van der Waals surface area contributed by atoms with Gasteiger partial charge < -0.3 is 20.1 Å². The summed E-state index contributed by atoms with van der Waals surface area (Å²) in [5.74, 6) is 1.37. The van der Waals surface area contributed by atoms with Gasteiger partial charge in [0, 0.05) is 24.6 Å². The summed E-state index contributed by atoms with van der Waals surface area (Å²) in [5, 5.41) is 13.4. The third-order valence-corrected chi connectivity index (χ3v) is 5.59. The van der Waals surface area contributed by atoms with Crippen LogP contribution in [0.25, 0.3) is 0 Å². The zero-order valence-corrected chi connectivity index (χ0v) is 15.1. The third-order valence-electron chi connectivity index (χ3n) is 5.59. The molecule has 2 amide bonds. The molecule has 1 aliphatic heterocycles. The number of hydrogen-bond donors (Lipinski definition) is 2. The highest BCUT2D eigenvalue weighted by Crippen LogP contribution is 2.37. The fourth-order valence-corrected chi connectivity index (χ4v) is 4.25. The number of likely N-dealkylation sites (tertiary alicyclic amines) is 1. The van der Waals surface area contributed by atoms with E-state index in [2.05, 4.69) is 17.2 Å². The highest BCUT2D eigenvalue weighted by Gasteiger charge is 2.40. The largest absolute Gasteiger partial charge is 0.481 e. The van der Waals surface area contributed by atoms with Crippen LogP contribution in [0.1, 0.15) is 44.7 Å². The Hall–Kier alpha value is -1.82. The van der Waals surface area contributed by atoms with Crippen LogP contribution in [0.15, 0.2) is 18.2 Å². The molecule has 2 heterocycles. The Labute approximate surface area is 149 Å². The topological polar surface area (TPSA) is 74.7 Å². The molecule has 3 rings (SSSR count). The van der Waals surface area contributed by atoms with Crippen LogP contribution in [-0.2, 0) is 6.54 Å². The van der Waals surface area contributed by atoms with Crippen LogP contribution in [-0.4, -0.2) is 46.8 Å². The first-order valence-electron chi connectivity index (χ1n) is 9.31. The summed E-state index contributed by atoms with van der Waals surface area (Å²) in [7, 11) is 1.58. The summed E-state index contributed by atoms with van der Waals surface area (Å²) in [4.78, 5) is 18.9. The van der Waals surface area contributed by atoms with E-state index in [-0.39, 0.29) is 24.1 Å². The van der Waals surface area contributed by atoms with Crippen molar-refractivity contribution in [2.75, 3.05) is 13.7 Å². The molecular weight excluding hydrogens is 318 g/mol. The van der Waals surface area contributed by atoms with E-state index in [0.717, 1.165) is 44.3 Å². The molecule has 0 spiro atoms. The summed E-state index contributed by atoms with van der Waals surface area (Å²) in [6.07, 6.45) is 4.65. The van der Waals surface area contributed by atoms with Crippen LogP contribution in [0.3, 0.4) is 0 Å². The van der Waals surface area contributed by atoms with Crippen LogP contribution in [0.2, 0.25) is 0 Å². The zero-order valence-electron chi connectivity index (χ0n) is 15.1. The molecule has 1 aromatic rings. The first-order valence-corrected chi connectivity index (χ1v) is 9.31. The van der Waals surface area contributed by atoms with E-state index < -0.39 is 0 Å². The molecule has 2 N–H and O–H groups in total. The molecule has 2 aliphatic rings. The van der Waals surface area contributed by atoms with E-state index in [4.69, 9.17) is 4.74 Å². The second kappa shape index (κ2) is 8.04. The van der Waals surface area contributed by atoms with Crippen LogP contribution in [0, 0.1) is 11.8 Å². The van der Waals surface area contributed by atoms with Gasteiger partial charge >= 0.3 is 6.03 Å². The van der Waals surface area contributed by atoms with Crippen molar-refractivity contribution in [3.05, 3.63) is 23.9 Å². The third kappa shape index (κ3) is 4.24. The Morgan fingerprint density at radius 1 is 1.40 bits per heavy atom. The Bertz CT molecular complexity index is 595. The van der Waals surface area contributed by atoms with Crippen LogP contribution >= 0.6 is 0 Å². The number of nitrogens with one attached hydrogen (secondary N) is 1. The Balaban J connectivity index is 1.60. The van der Waals surface area contributed by atoms with Crippen molar-refractivity contribution in [2.45, 2.75) is 57.7 Å². The van der Waals surface area contributed by atoms with Crippen molar-refractivity contribution in [1.29, 1.82) is 0 Å². The number of rotatable bonds is 4. The van der Waals surface area contributed by atoms with Crippen molar-refractivity contribution < 1.29 is 14.6 Å². The van der Waals surface area contributed by atoms with Gasteiger partial charge in [-0.3, -0.25) is 0 Å². The predicted molar refractivity (Wildman–Crippen MR) is 95.3 cm³/mol. The molecule has 0 unspecified atom stereocenters. The number of methoxy groups -OCH3 is 1. The minimum absolute atomic E-state index is 0.0578. The van der Waals surface area contributed by atoms with Gasteiger partial charge in [-0.2, -0.15) is 0 Å². The number of pyridine rings is 1. The van der Waals surface area contributed by atoms with Crippen molar-refractivity contribution >= 4 is 6.03 Å². The molecule has 1 aliphatic carbocycles. The lowest BCUT2D eigenvalue weighted by molar-refractivity contribution is 0.0153. The second-order valence-corrected chi connectivity index (χ2v) is 7.38. The molecule has 0 aromatic carbocycles. The van der Waals surface area contributed by atoms with Crippen molar-refractivity contribution in [1.82, 2.24) is 15.2 Å². The Kier molecular flexibility index (Phi) is 5.78. The van der Waals surface area contributed by atoms with E-state index in [1.54, 1.807) is 13.2 Å². The maximum atomic E-state index is 12.7. The normalized spacial score (nSPS) is 29.5. The number of carbonyl (C=O) groups excluding carboxylic acids is 1. The highest BCUT2D eigenvalue weighted by atomic mass is 16.5. The number of aliphatic hydroxyl groups is 1. The van der Waals surface area contributed by atoms with Gasteiger partial charge in [-0.1, -0.05) is 13.0 Å². The van der Waals surface area contributed by atoms with Crippen LogP contribution < -0.4 is 10.1 Å². The number of urea groups is 1. The number of ether oxygens (including phenoxy) is 1. The summed E-state index contributed by atoms with van der Waals surface area (Å²) in [5.41, 5.74) is 0.773. The van der Waals surface area contributed by atoms with Crippen LogP contribution in [0.5, 0.6) is 5.88 Å². The van der Waals surface area contributed by atoms with Crippen LogP contribution in [0.4, 0.5) is 4.79 Å². The van der Waals surface area contributed by atoms with Gasteiger partial charge in [0.1, 0.15) is 0 Å². The first kappa shape index (κ1) is 18.0. The monoisotopic (exact) mass is 347 g/mol. The smallest absolute Gasteiger partial charge is 0.317 e. The number of aromatic nitrogens is 1. The average molecular weight is 347 g/mol. The fraction of sp³-hybridized carbons (Fsp3) is 0.684. The molecule has 6 heteroatoms. The van der Waals surface area contributed by atoms with Crippen molar-refractivity contribution in [3.63, 3.8) is 0 Å². The number of amides is 2. The molecule has 1 saturated carbocycles. The van der Waals surface area contributed by atoms with E-state index >= 15 is 0 Å². The van der Waals surface area contributed by atoms with Gasteiger partial charge in [-0.25, -0.2) is 9.78 Å². The summed E-state index contributed by atoms with van der Waals surface area (Å²) in [6.45, 7) is 3.38. The molecule has 25 heavy (non-hydrogen) atoms. The maximum Gasteiger partial charge on any atom is 0.317 e. The number of hydrogen-bond acceptors (Lipinski definition) is 4. The fourth-order valence-electron chi connectivity index (χ4n) is 4.25. The Morgan fingerprint density at radius 2 is 2.24 bits per heavy atom. The lowest BCUT2D eigenvalue weighted by Crippen LogP contribution is -2.49. The molecule has 0 radical (unpaired) electrons. The Morgan fingerprint density at radius 3 is 3.04 bits per heavy atom. The highest BCUT2D eigenvalue weighted by molar-refractivity contribution is 5.74. The van der Waals surface area contributed by atoms with E-state index in [1.165, 1.54) is 0 Å². The number of aliphatic hydroxyl groups excluding tert-OH is 1. The standard InChI is InChI=1S/C19H29N3O3/c1-13-8-9-17(23)15(11-13)16-6-4-10-22(16)19(24)20-12-14-5-3-7-18(21-14)25-2/h3,5,7,13,15-17,23H,4,6,8-12H2,1-2H3,(H,20,24)/t13-,15-,16+,17+/m0/s1. The maximum absolute atomic E-state index is 12.7. The second-order valence-electron chi connectivity index (χ2n) is 7.38. The van der Waals surface area contributed by atoms with Gasteiger partial charge in [-0.05, 0) is 44.1 Å². The molecule has 1 aromatic heterocycles. The van der Waals surface area contributed by atoms with E-state index in [9.17, 15) is 9.90 Å². The molecule has 0 bridgehead atoms. The van der Waals surface area contributed by atoms with E-state index in [1.807, 2.05) is 17.0 Å². The van der Waals surface area contributed by atoms with Crippen molar-refractivity contribution in [2.24, 2.45) is 11.8 Å². The molecule has 2 fully saturated rings. The van der Waals surface area contributed by atoms with Gasteiger partial charge in [0.25, 0.3) is 0 Å². The molecule has 1 saturated heterocycles. The SMILES string of the molecule is COc1cccc(CNC(=O)N2CCC[C@@H]2[C@@H]2C[C@@H](C)CC[C@H]2O)n1. The van der Waals surface area contributed by atoms with Gasteiger partial charge in [-0.15, -0.1) is 0 Å². The minimum atomic E-state index is -0.283. The van der Waals surface area contributed by atoms with Gasteiger partial charge in [0.05, 0.1) is 25.5 Å². The molecule has 4 atom stereocenters. The minimum Gasteiger partial charge on any atom is -0.481 e. The predicted octanol–water partition coefficient (Wildman–Crippen LogP) is 2.56. The van der Waals surface area contributed by atoms with Gasteiger partial charge in [0.15, 0.2) is 0 Å². The first-order chi connectivity index (χ1) is 12.1. The summed E-state index contributed by atoms with van der Waals surface area (Å²) < 4.78 is 5.12. The lowest BCUT2D eigenvalue weighted by Gasteiger charge is -2.39. The molecular formula is C19H29N3O3.